The number of aldehydes is 5. The minimum absolute atomic E-state index is 0.0550. The maximum absolute atomic E-state index is 13.1. The number of benzene rings is 3. The van der Waals surface area contributed by atoms with Crippen molar-refractivity contribution >= 4 is 93.4 Å². The number of halogens is 1. The number of nitrogens with zero attached hydrogens (tertiary/aromatic N) is 14. The van der Waals surface area contributed by atoms with Crippen LogP contribution in [0.5, 0.6) is 0 Å². The summed E-state index contributed by atoms with van der Waals surface area (Å²) in [6.07, 6.45) is 41.2. The normalized spacial score (nSPS) is 12.5. The van der Waals surface area contributed by atoms with E-state index in [-0.39, 0.29) is 38.1 Å². The van der Waals surface area contributed by atoms with Gasteiger partial charge in [0.05, 0.1) is 29.6 Å². The Kier molecular flexibility index (Phi) is 44.5. The molecule has 0 aliphatic carbocycles. The minimum Gasteiger partial charge on any atom is -0.396 e. The molecule has 3 amide bonds. The zero-order valence-electron chi connectivity index (χ0n) is 81.6. The maximum Gasteiger partial charge on any atom is 0.255 e. The Morgan fingerprint density at radius 2 is 0.925 bits per heavy atom. The molecule has 15 heterocycles. The number of terminal acetylenes is 2. The Labute approximate surface area is 871 Å². The second kappa shape index (κ2) is 59.5. The molecule has 0 saturated carbocycles. The fourth-order valence-corrected chi connectivity index (χ4v) is 18.3. The molecule has 1 unspecified atom stereocenters. The number of piperidine rings is 1. The largest absolute Gasteiger partial charge is 0.396 e. The highest BCUT2D eigenvalue weighted by molar-refractivity contribution is 9.10. The smallest absolute Gasteiger partial charge is 0.255 e. The number of hydrogen-bond donors (Lipinski definition) is 5. The number of thiophene rings is 2. The lowest BCUT2D eigenvalue weighted by atomic mass is 10.0. The van der Waals surface area contributed by atoms with Crippen molar-refractivity contribution in [2.45, 2.75) is 181 Å². The molecule has 147 heavy (non-hydrogen) atoms. The zero-order valence-corrected chi connectivity index (χ0v) is 84.9. The van der Waals surface area contributed by atoms with Crippen LogP contribution in [0.2, 0.25) is 0 Å². The molecule has 4 aliphatic heterocycles. The number of anilines is 1. The van der Waals surface area contributed by atoms with Gasteiger partial charge in [0, 0.05) is 191 Å². The van der Waals surface area contributed by atoms with Crippen molar-refractivity contribution < 1.29 is 63.1 Å². The summed E-state index contributed by atoms with van der Waals surface area (Å²) in [7, 11) is 0. The van der Waals surface area contributed by atoms with Crippen molar-refractivity contribution in [1.82, 2.24) is 74.6 Å². The number of ether oxygens (including phenoxy) is 2. The van der Waals surface area contributed by atoms with Crippen LogP contribution in [-0.4, -0.2) is 166 Å². The lowest BCUT2D eigenvalue weighted by Gasteiger charge is -2.29. The van der Waals surface area contributed by atoms with Crippen LogP contribution in [0.15, 0.2) is 212 Å². The van der Waals surface area contributed by atoms with Gasteiger partial charge in [0.25, 0.3) is 5.91 Å². The average Bonchev–Trinajstić information content (AvgIpc) is 1.61. The highest BCUT2D eigenvalue weighted by atomic mass is 79.9. The first-order chi connectivity index (χ1) is 71.9. The molecule has 1 saturated heterocycles. The fourth-order valence-electron chi connectivity index (χ4n) is 15.5. The molecule has 32 heteroatoms. The molecule has 3 aromatic carbocycles. The van der Waals surface area contributed by atoms with Gasteiger partial charge >= 0.3 is 0 Å². The summed E-state index contributed by atoms with van der Waals surface area (Å²) < 4.78 is 17.0. The molecule has 0 spiro atoms. The topological polar surface area (TPSA) is 395 Å². The minimum atomic E-state index is -0.623. The van der Waals surface area contributed by atoms with E-state index in [2.05, 4.69) is 182 Å². The first kappa shape index (κ1) is 110. The number of nitrogens with one attached hydrogen (secondary N) is 2. The second-order valence-electron chi connectivity index (χ2n) is 33.8. The summed E-state index contributed by atoms with van der Waals surface area (Å²) in [4.78, 5) is 121. The highest BCUT2D eigenvalue weighted by Crippen LogP contribution is 2.40. The van der Waals surface area contributed by atoms with E-state index in [9.17, 15) is 38.4 Å². The molecular formula is C115H111BrN16O13S2. The molecule has 1 atom stereocenters. The van der Waals surface area contributed by atoms with E-state index in [0.29, 0.717) is 86.6 Å². The van der Waals surface area contributed by atoms with Crippen LogP contribution in [0, 0.1) is 74.1 Å². The first-order valence-electron chi connectivity index (χ1n) is 48.1. The Balaban J connectivity index is 0.000000171. The quantitative estimate of drug-likeness (QED) is 0.00885. The van der Waals surface area contributed by atoms with E-state index < -0.39 is 11.9 Å². The molecule has 0 radical (unpaired) electrons. The lowest BCUT2D eigenvalue weighted by Crippen LogP contribution is -2.52. The number of amides is 3. The van der Waals surface area contributed by atoms with Crippen molar-refractivity contribution in [3.05, 3.63) is 362 Å². The van der Waals surface area contributed by atoms with Gasteiger partial charge in [-0.25, -0.2) is 9.97 Å². The average molecular weight is 2070 g/mol. The van der Waals surface area contributed by atoms with Gasteiger partial charge in [-0.2, -0.15) is 0 Å². The number of carbonyl (C=O) groups excluding carboxylic acids is 8. The summed E-state index contributed by atoms with van der Waals surface area (Å²) in [5.41, 5.74) is 20.2. The van der Waals surface area contributed by atoms with Crippen LogP contribution in [0.25, 0.3) is 10.0 Å². The van der Waals surface area contributed by atoms with Gasteiger partial charge < -0.3 is 44.6 Å². The molecule has 4 aliphatic rings. The number of fused-ring (bicyclic) bond motifs is 7. The molecule has 18 rings (SSSR count). The molecule has 5 N–H and O–H groups in total. The van der Waals surface area contributed by atoms with Gasteiger partial charge in [0.1, 0.15) is 63.8 Å². The molecule has 748 valence electrons. The Bertz CT molecular complexity index is 7020. The third-order valence-electron chi connectivity index (χ3n) is 23.3. The molecule has 0 bridgehead atoms. The number of aliphatic hydroxyl groups excluding tert-OH is 3. The van der Waals surface area contributed by atoms with Crippen molar-refractivity contribution in [3.8, 4) is 70.2 Å². The zero-order chi connectivity index (χ0) is 104. The molecule has 11 aromatic heterocycles. The monoisotopic (exact) mass is 2070 g/mol. The molecule has 1 fully saturated rings. The summed E-state index contributed by atoms with van der Waals surface area (Å²) in [5, 5.41) is 50.8. The van der Waals surface area contributed by atoms with E-state index in [1.54, 1.807) is 82.6 Å². The van der Waals surface area contributed by atoms with Crippen molar-refractivity contribution in [2.75, 3.05) is 31.7 Å². The number of aliphatic hydroxyl groups is 3. The Morgan fingerprint density at radius 1 is 0.469 bits per heavy atom. The van der Waals surface area contributed by atoms with E-state index in [1.165, 1.54) is 34.6 Å². The van der Waals surface area contributed by atoms with Gasteiger partial charge in [-0.05, 0) is 258 Å². The Hall–Kier alpha value is -15.8. The molecule has 29 nitrogen and oxygen atoms in total. The summed E-state index contributed by atoms with van der Waals surface area (Å²) in [6, 6.07) is 51.9. The number of pyridine rings is 7. The van der Waals surface area contributed by atoms with Crippen LogP contribution in [-0.2, 0) is 107 Å². The fraction of sp³-hybridized carbons (Fsp3) is 0.278. The van der Waals surface area contributed by atoms with Crippen LogP contribution in [0.3, 0.4) is 0 Å². The van der Waals surface area contributed by atoms with Crippen LogP contribution >= 0.6 is 38.6 Å². The van der Waals surface area contributed by atoms with Gasteiger partial charge in [0.15, 0.2) is 30.5 Å². The van der Waals surface area contributed by atoms with E-state index >= 15 is 0 Å². The number of carbonyl (C=O) groups is 8. The van der Waals surface area contributed by atoms with E-state index in [1.807, 2.05) is 105 Å². The second-order valence-corrected chi connectivity index (χ2v) is 36.6. The number of imide groups is 1. The predicted molar refractivity (Wildman–Crippen MR) is 565 cm³/mol. The molecule has 14 aromatic rings. The van der Waals surface area contributed by atoms with Crippen LogP contribution in [0.4, 0.5) is 5.69 Å². The van der Waals surface area contributed by atoms with Gasteiger partial charge in [0.2, 0.25) is 11.8 Å². The number of aryl methyl sites for hydroxylation is 7. The van der Waals surface area contributed by atoms with Gasteiger partial charge in [-0.1, -0.05) is 108 Å². The van der Waals surface area contributed by atoms with Crippen molar-refractivity contribution in [3.63, 3.8) is 0 Å². The van der Waals surface area contributed by atoms with Crippen LogP contribution in [0.1, 0.15) is 253 Å². The van der Waals surface area contributed by atoms with Gasteiger partial charge in [-0.3, -0.25) is 68.1 Å². The molecular weight excluding hydrogens is 1960 g/mol. The Morgan fingerprint density at radius 3 is 1.35 bits per heavy atom. The highest BCUT2D eigenvalue weighted by Gasteiger charge is 2.40. The standard InChI is InChI=1S/C40H37N7O4S.C27H24N4O2S.C11H13NO.C11H11NO.C10H13NO2.C10H9NO2.C6H4BrNO/c1-25-44-45-36-24-51-23-32-30(20-26-8-3-2-4-9-26)35(52-40(32)47(25)36)17-14-27-13-15-28(42-21-27)10-5-6-19-41-33-12-7-11-29-31(33)22-46(39(29)50)34-16-18-37(48)43-38(34)49;1-19-29-30-26-18-33-17-24-23(15-20-7-3-2-4-8-20)25(34-27(24)31(19)26)13-11-21-10-12-22(28-16-21)9-5-6-14-32;2*1-2-10-6-7-11(12-9-10)5-3-4-8-13;2*12-6-2-1-3-10-5-4-9(8-13)7-11-10;7-6-2-1-5(4-9)3-8-6/h2-4,7-9,11-13,15,21,34,41H,5-6,10,16,18-20,22-24H2,1H3,(H,43,48,49);2-4,7-8,10,12,14,16H,5-6,9,15,17-18H2,1H3;1,6-7,9,13H,3-5,8H2;1,6-9H,3-5H2;4-5,7-8,12H,1-3,6H2;4-5,7-8,12H,2,6H2;1-4H. The van der Waals surface area contributed by atoms with Crippen molar-refractivity contribution in [2.24, 2.45) is 0 Å². The number of unbranched alkanes of at least 4 members (excludes halogenated alkanes) is 5. The number of hydrogen-bond acceptors (Lipinski definition) is 27. The van der Waals surface area contributed by atoms with E-state index in [4.69, 9.17) is 42.6 Å². The maximum atomic E-state index is 13.1. The lowest BCUT2D eigenvalue weighted by molar-refractivity contribution is -0.137. The third kappa shape index (κ3) is 33.7. The SMILES string of the molecule is C#Cc1ccc(CCCC=O)nc1.C#Cc1ccc(CCCCO)nc1.Cc1nnc2n1-c1sc(C#Cc3ccc(CCCC=O)nc3)c(Cc3ccccc3)c1COC2.Cc1nnc2n1-c1sc(C#Cc3ccc(CCCCNc4cccc5c4CN(C4CCC(=O)NC4=O)C5=O)nc3)c(Cc3ccccc3)c1COC2.O=Cc1ccc(Br)nc1.O=Cc1ccc(C#CCCO)nc1.O=Cc1ccc(CCCCO)nc1. The summed E-state index contributed by atoms with van der Waals surface area (Å²) in [6.45, 7) is 7.45. The summed E-state index contributed by atoms with van der Waals surface area (Å²) in [5.74, 6) is 26.5. The van der Waals surface area contributed by atoms with Gasteiger partial charge in [-0.15, -0.1) is 55.9 Å². The van der Waals surface area contributed by atoms with E-state index in [0.717, 1.165) is 255 Å². The number of rotatable bonds is 31. The number of aromatic nitrogens is 13. The third-order valence-corrected chi connectivity index (χ3v) is 26.1. The summed E-state index contributed by atoms with van der Waals surface area (Å²) >= 11 is 6.48. The first-order valence-corrected chi connectivity index (χ1v) is 50.6. The predicted octanol–water partition coefficient (Wildman–Crippen LogP) is 16.3. The van der Waals surface area contributed by atoms with Crippen LogP contribution < -0.4 is 10.6 Å². The van der Waals surface area contributed by atoms with Crippen molar-refractivity contribution in [1.29, 1.82) is 0 Å².